The molecular formula is C21H32F3N3O2. The van der Waals surface area contributed by atoms with E-state index < -0.39 is 12.7 Å². The number of hydrogen-bond acceptors (Lipinski definition) is 3. The lowest BCUT2D eigenvalue weighted by molar-refractivity contribution is -0.146. The molecular weight excluding hydrogens is 383 g/mol. The first-order chi connectivity index (χ1) is 13.7. The average molecular weight is 416 g/mol. The van der Waals surface area contributed by atoms with Gasteiger partial charge in [0.25, 0.3) is 0 Å². The predicted molar refractivity (Wildman–Crippen MR) is 102 cm³/mol. The maximum absolute atomic E-state index is 12.9. The van der Waals surface area contributed by atoms with Crippen LogP contribution in [0, 0.1) is 23.2 Å². The molecule has 1 N–H and O–H groups in total. The van der Waals surface area contributed by atoms with Crippen molar-refractivity contribution in [2.24, 2.45) is 23.2 Å². The number of hydrogen-bond donors (Lipinski definition) is 1. The van der Waals surface area contributed by atoms with Gasteiger partial charge in [0.1, 0.15) is 0 Å². The normalized spacial score (nSPS) is 34.9. The third-order valence-corrected chi connectivity index (χ3v) is 7.49. The molecule has 1 saturated heterocycles. The number of carbonyl (C=O) groups excluding carboxylic acids is 2. The highest BCUT2D eigenvalue weighted by Gasteiger charge is 2.54. The Morgan fingerprint density at radius 1 is 0.931 bits per heavy atom. The van der Waals surface area contributed by atoms with Crippen LogP contribution in [0.25, 0.3) is 0 Å². The Morgan fingerprint density at radius 2 is 1.55 bits per heavy atom. The van der Waals surface area contributed by atoms with E-state index in [1.54, 1.807) is 4.90 Å². The number of nitrogens with zero attached hydrogens (tertiary/aromatic N) is 2. The van der Waals surface area contributed by atoms with E-state index in [-0.39, 0.29) is 30.2 Å². The number of alkyl halides is 3. The molecule has 0 radical (unpaired) electrons. The van der Waals surface area contributed by atoms with Gasteiger partial charge in [0.2, 0.25) is 11.8 Å². The molecule has 29 heavy (non-hydrogen) atoms. The predicted octanol–water partition coefficient (Wildman–Crippen LogP) is 2.81. The highest BCUT2D eigenvalue weighted by atomic mass is 19.4. The number of nitrogens with one attached hydrogen (secondary N) is 1. The number of amides is 2. The summed E-state index contributed by atoms with van der Waals surface area (Å²) in [6, 6.07) is 0. The second kappa shape index (κ2) is 8.08. The van der Waals surface area contributed by atoms with Gasteiger partial charge in [-0.05, 0) is 62.7 Å². The Balaban J connectivity index is 1.22. The Kier molecular flexibility index (Phi) is 5.84. The highest BCUT2D eigenvalue weighted by Crippen LogP contribution is 2.60. The van der Waals surface area contributed by atoms with Crippen LogP contribution in [0.4, 0.5) is 13.2 Å². The van der Waals surface area contributed by atoms with Gasteiger partial charge in [0.05, 0.1) is 6.54 Å². The second-order valence-electron chi connectivity index (χ2n) is 9.83. The van der Waals surface area contributed by atoms with Crippen molar-refractivity contribution in [1.29, 1.82) is 0 Å². The molecule has 8 heteroatoms. The van der Waals surface area contributed by atoms with Gasteiger partial charge in [0.15, 0.2) is 0 Å². The first-order valence-electron chi connectivity index (χ1n) is 11.1. The van der Waals surface area contributed by atoms with Crippen LogP contribution in [0.2, 0.25) is 0 Å². The van der Waals surface area contributed by atoms with Gasteiger partial charge < -0.3 is 10.2 Å². The number of carbonyl (C=O) groups is 2. The van der Waals surface area contributed by atoms with E-state index >= 15 is 0 Å². The second-order valence-corrected chi connectivity index (χ2v) is 9.83. The Labute approximate surface area is 170 Å². The van der Waals surface area contributed by atoms with E-state index in [0.717, 1.165) is 19.3 Å². The lowest BCUT2D eigenvalue weighted by Gasteiger charge is -2.55. The smallest absolute Gasteiger partial charge is 0.355 e. The molecule has 0 unspecified atom stereocenters. The van der Waals surface area contributed by atoms with Gasteiger partial charge in [-0.25, -0.2) is 0 Å². The SMILES string of the molecule is O=C(CCNC(=O)C12CC3CC(CC(C3)C1)C2)N1CCCN(CC(F)(F)F)CC1. The van der Waals surface area contributed by atoms with Crippen molar-refractivity contribution >= 4 is 11.8 Å². The molecule has 4 bridgehead atoms. The first-order valence-corrected chi connectivity index (χ1v) is 11.1. The average Bonchev–Trinajstić information content (AvgIpc) is 2.84. The minimum absolute atomic E-state index is 0.0790. The molecule has 1 heterocycles. The third kappa shape index (κ3) is 4.89. The quantitative estimate of drug-likeness (QED) is 0.751. The Morgan fingerprint density at radius 3 is 2.14 bits per heavy atom. The van der Waals surface area contributed by atoms with E-state index in [1.165, 1.54) is 24.2 Å². The van der Waals surface area contributed by atoms with Crippen LogP contribution >= 0.6 is 0 Å². The molecule has 1 aliphatic heterocycles. The molecule has 4 saturated carbocycles. The fourth-order valence-electron chi connectivity index (χ4n) is 6.65. The fraction of sp³-hybridized carbons (Fsp3) is 0.905. The van der Waals surface area contributed by atoms with E-state index in [0.29, 0.717) is 50.4 Å². The van der Waals surface area contributed by atoms with Crippen LogP contribution in [-0.2, 0) is 9.59 Å². The van der Waals surface area contributed by atoms with Crippen LogP contribution in [-0.4, -0.2) is 67.1 Å². The molecule has 0 spiro atoms. The summed E-state index contributed by atoms with van der Waals surface area (Å²) in [6.45, 7) is 0.795. The van der Waals surface area contributed by atoms with Crippen molar-refractivity contribution in [3.63, 3.8) is 0 Å². The van der Waals surface area contributed by atoms with Gasteiger partial charge in [-0.15, -0.1) is 0 Å². The zero-order valence-electron chi connectivity index (χ0n) is 17.0. The Hall–Kier alpha value is -1.31. The molecule has 0 atom stereocenters. The van der Waals surface area contributed by atoms with Crippen molar-refractivity contribution in [1.82, 2.24) is 15.1 Å². The highest BCUT2D eigenvalue weighted by molar-refractivity contribution is 5.84. The molecule has 5 fully saturated rings. The Bertz CT molecular complexity index is 602. The number of halogens is 3. The summed E-state index contributed by atoms with van der Waals surface area (Å²) in [5.41, 5.74) is -0.210. The summed E-state index contributed by atoms with van der Waals surface area (Å²) in [7, 11) is 0. The lowest BCUT2D eigenvalue weighted by atomic mass is 9.49. The zero-order chi connectivity index (χ0) is 20.6. The van der Waals surface area contributed by atoms with E-state index in [9.17, 15) is 22.8 Å². The standard InChI is InChI=1S/C21H32F3N3O2/c22-21(23,24)14-26-4-1-5-27(7-6-26)18(28)2-3-25-19(29)20-11-15-8-16(12-20)10-17(9-15)13-20/h15-17H,1-14H2,(H,25,29). The summed E-state index contributed by atoms with van der Waals surface area (Å²) < 4.78 is 37.7. The van der Waals surface area contributed by atoms with Crippen LogP contribution in [0.1, 0.15) is 51.4 Å². The van der Waals surface area contributed by atoms with Crippen molar-refractivity contribution < 1.29 is 22.8 Å². The largest absolute Gasteiger partial charge is 0.401 e. The third-order valence-electron chi connectivity index (χ3n) is 7.49. The molecule has 4 aliphatic carbocycles. The summed E-state index contributed by atoms with van der Waals surface area (Å²) in [6.07, 6.45) is 3.40. The molecule has 0 aromatic carbocycles. The van der Waals surface area contributed by atoms with Crippen molar-refractivity contribution in [2.75, 3.05) is 39.3 Å². The molecule has 0 aromatic heterocycles. The maximum atomic E-state index is 12.9. The maximum Gasteiger partial charge on any atom is 0.401 e. The van der Waals surface area contributed by atoms with Crippen molar-refractivity contribution in [3.05, 3.63) is 0 Å². The van der Waals surface area contributed by atoms with Crippen LogP contribution in [0.15, 0.2) is 0 Å². The molecule has 5 nitrogen and oxygen atoms in total. The summed E-state index contributed by atoms with van der Waals surface area (Å²) in [5, 5.41) is 3.02. The van der Waals surface area contributed by atoms with Gasteiger partial charge in [0, 0.05) is 44.6 Å². The van der Waals surface area contributed by atoms with Gasteiger partial charge in [-0.3, -0.25) is 14.5 Å². The van der Waals surface area contributed by atoms with E-state index in [4.69, 9.17) is 0 Å². The minimum Gasteiger partial charge on any atom is -0.355 e. The minimum atomic E-state index is -4.21. The lowest BCUT2D eigenvalue weighted by Crippen LogP contribution is -2.53. The molecule has 2 amide bonds. The zero-order valence-corrected chi connectivity index (χ0v) is 17.0. The molecule has 5 rings (SSSR count). The van der Waals surface area contributed by atoms with Gasteiger partial charge in [-0.2, -0.15) is 13.2 Å². The summed E-state index contributed by atoms with van der Waals surface area (Å²) in [5.74, 6) is 2.14. The first kappa shape index (κ1) is 20.9. The van der Waals surface area contributed by atoms with E-state index in [2.05, 4.69) is 5.32 Å². The monoisotopic (exact) mass is 415 g/mol. The van der Waals surface area contributed by atoms with Gasteiger partial charge >= 0.3 is 6.18 Å². The molecule has 5 aliphatic rings. The molecule has 0 aromatic rings. The number of rotatable bonds is 5. The fourth-order valence-corrected chi connectivity index (χ4v) is 6.65. The molecule has 164 valence electrons. The van der Waals surface area contributed by atoms with Crippen LogP contribution < -0.4 is 5.32 Å². The van der Waals surface area contributed by atoms with Crippen LogP contribution in [0.5, 0.6) is 0 Å². The van der Waals surface area contributed by atoms with Crippen molar-refractivity contribution in [3.8, 4) is 0 Å². The van der Waals surface area contributed by atoms with Crippen molar-refractivity contribution in [2.45, 2.75) is 57.5 Å². The van der Waals surface area contributed by atoms with E-state index in [1.807, 2.05) is 0 Å². The van der Waals surface area contributed by atoms with Crippen LogP contribution in [0.3, 0.4) is 0 Å². The summed E-state index contributed by atoms with van der Waals surface area (Å²) >= 11 is 0. The van der Waals surface area contributed by atoms with Gasteiger partial charge in [-0.1, -0.05) is 0 Å². The summed E-state index contributed by atoms with van der Waals surface area (Å²) in [4.78, 5) is 28.5. The topological polar surface area (TPSA) is 52.7 Å².